The minimum absolute atomic E-state index is 0.347. The molecule has 1 aromatic rings. The van der Waals surface area contributed by atoms with Crippen molar-refractivity contribution in [2.75, 3.05) is 39.3 Å². The van der Waals surface area contributed by atoms with Crippen LogP contribution < -0.4 is 0 Å². The molecule has 2 rings (SSSR count). The van der Waals surface area contributed by atoms with Gasteiger partial charge in [-0.3, -0.25) is 0 Å². The first-order valence-electron chi connectivity index (χ1n) is 8.75. The van der Waals surface area contributed by atoms with Gasteiger partial charge in [0.25, 0.3) is 0 Å². The Morgan fingerprint density at radius 2 is 2.00 bits per heavy atom. The number of hydrogen-bond acceptors (Lipinski definition) is 4. The highest BCUT2D eigenvalue weighted by Crippen LogP contribution is 2.29. The average molecular weight is 308 g/mol. The first-order valence-corrected chi connectivity index (χ1v) is 8.75. The van der Waals surface area contributed by atoms with Crippen molar-refractivity contribution in [2.45, 2.75) is 39.2 Å². The van der Waals surface area contributed by atoms with Crippen LogP contribution in [0.4, 0.5) is 0 Å². The van der Waals surface area contributed by atoms with Crippen LogP contribution in [0, 0.1) is 5.92 Å². The molecular formula is C17H32N4O. The Bertz CT molecular complexity index is 422. The number of rotatable bonds is 8. The molecule has 0 aromatic carbocycles. The Morgan fingerprint density at radius 3 is 2.55 bits per heavy atom. The van der Waals surface area contributed by atoms with Crippen molar-refractivity contribution in [2.24, 2.45) is 13.0 Å². The number of piperidine rings is 1. The fourth-order valence-electron chi connectivity index (χ4n) is 3.42. The molecule has 0 amide bonds. The molecule has 0 saturated carbocycles. The fraction of sp³-hybridized carbons (Fsp3) is 0.824. The summed E-state index contributed by atoms with van der Waals surface area (Å²) in [6, 6.07) is 0. The highest BCUT2D eigenvalue weighted by atomic mass is 16.3. The molecule has 1 saturated heterocycles. The van der Waals surface area contributed by atoms with Crippen LogP contribution in [0.5, 0.6) is 0 Å². The maximum atomic E-state index is 10.5. The molecule has 1 N–H and O–H groups in total. The van der Waals surface area contributed by atoms with Crippen LogP contribution in [0.25, 0.3) is 0 Å². The molecule has 1 unspecified atom stereocenters. The minimum Gasteiger partial charge on any atom is -0.385 e. The van der Waals surface area contributed by atoms with E-state index in [9.17, 15) is 5.11 Å². The van der Waals surface area contributed by atoms with E-state index in [2.05, 4.69) is 28.6 Å². The Kier molecular flexibility index (Phi) is 6.86. The van der Waals surface area contributed by atoms with Gasteiger partial charge in [-0.15, -0.1) is 0 Å². The first kappa shape index (κ1) is 17.4. The number of aliphatic hydroxyl groups is 1. The molecule has 0 bridgehead atoms. The Balaban J connectivity index is 1.70. The van der Waals surface area contributed by atoms with Crippen molar-refractivity contribution in [3.63, 3.8) is 0 Å². The van der Waals surface area contributed by atoms with Gasteiger partial charge >= 0.3 is 0 Å². The molecule has 5 heteroatoms. The number of hydrogen-bond donors (Lipinski definition) is 1. The normalized spacial score (nSPS) is 19.0. The number of aromatic nitrogens is 2. The Morgan fingerprint density at radius 1 is 1.32 bits per heavy atom. The third-order valence-corrected chi connectivity index (χ3v) is 5.04. The maximum Gasteiger partial charge on any atom is 0.137 e. The summed E-state index contributed by atoms with van der Waals surface area (Å²) in [5, 5.41) is 10.5. The highest BCUT2D eigenvalue weighted by Gasteiger charge is 2.28. The lowest BCUT2D eigenvalue weighted by Gasteiger charge is -2.34. The lowest BCUT2D eigenvalue weighted by atomic mass is 9.90. The van der Waals surface area contributed by atoms with E-state index in [1.807, 2.05) is 17.8 Å². The zero-order chi connectivity index (χ0) is 15.9. The van der Waals surface area contributed by atoms with Gasteiger partial charge < -0.3 is 19.5 Å². The van der Waals surface area contributed by atoms with Gasteiger partial charge in [0.2, 0.25) is 0 Å². The van der Waals surface area contributed by atoms with E-state index in [0.29, 0.717) is 5.92 Å². The summed E-state index contributed by atoms with van der Waals surface area (Å²) in [6.45, 7) is 11.3. The number of aryl methyl sites for hydroxylation is 1. The third kappa shape index (κ3) is 4.54. The quantitative estimate of drug-likeness (QED) is 0.797. The lowest BCUT2D eigenvalue weighted by Crippen LogP contribution is -2.37. The maximum absolute atomic E-state index is 10.5. The van der Waals surface area contributed by atoms with Crippen molar-refractivity contribution < 1.29 is 5.11 Å². The average Bonchev–Trinajstić information content (AvgIpc) is 2.97. The van der Waals surface area contributed by atoms with Crippen molar-refractivity contribution in [1.29, 1.82) is 0 Å². The number of imidazole rings is 1. The van der Waals surface area contributed by atoms with Crippen molar-refractivity contribution in [3.05, 3.63) is 18.2 Å². The van der Waals surface area contributed by atoms with Crippen LogP contribution in [-0.4, -0.2) is 63.7 Å². The van der Waals surface area contributed by atoms with E-state index in [-0.39, 0.29) is 0 Å². The smallest absolute Gasteiger partial charge is 0.137 e. The Labute approximate surface area is 134 Å². The number of likely N-dealkylation sites (tertiary alicyclic amines) is 1. The predicted octanol–water partition coefficient (Wildman–Crippen LogP) is 1.90. The van der Waals surface area contributed by atoms with Crippen LogP contribution in [-0.2, 0) is 7.05 Å². The number of nitrogens with zero attached hydrogens (tertiary/aromatic N) is 4. The monoisotopic (exact) mass is 308 g/mol. The molecule has 1 fully saturated rings. The molecule has 0 aliphatic carbocycles. The minimum atomic E-state index is -0.419. The summed E-state index contributed by atoms with van der Waals surface area (Å²) >= 11 is 0. The molecule has 1 atom stereocenters. The van der Waals surface area contributed by atoms with Crippen molar-refractivity contribution in [1.82, 2.24) is 19.4 Å². The summed E-state index contributed by atoms with van der Waals surface area (Å²) in [6.07, 6.45) is 6.63. The zero-order valence-electron chi connectivity index (χ0n) is 14.4. The van der Waals surface area contributed by atoms with Crippen LogP contribution in [0.2, 0.25) is 0 Å². The van der Waals surface area contributed by atoms with E-state index in [1.54, 1.807) is 6.20 Å². The van der Waals surface area contributed by atoms with E-state index in [1.165, 1.54) is 19.5 Å². The number of aliphatic hydroxyl groups excluding tert-OH is 1. The molecule has 0 spiro atoms. The van der Waals surface area contributed by atoms with E-state index >= 15 is 0 Å². The Hall–Kier alpha value is -0.910. The second-order valence-electron chi connectivity index (χ2n) is 6.40. The summed E-state index contributed by atoms with van der Waals surface area (Å²) in [5.41, 5.74) is 0. The molecule has 0 radical (unpaired) electrons. The summed E-state index contributed by atoms with van der Waals surface area (Å²) in [4.78, 5) is 9.32. The summed E-state index contributed by atoms with van der Waals surface area (Å²) in [7, 11) is 1.95. The van der Waals surface area contributed by atoms with Crippen LogP contribution >= 0.6 is 0 Å². The van der Waals surface area contributed by atoms with Gasteiger partial charge in [0.15, 0.2) is 0 Å². The first-order chi connectivity index (χ1) is 10.7. The van der Waals surface area contributed by atoms with Crippen LogP contribution in [0.1, 0.15) is 45.0 Å². The molecule has 1 aliphatic rings. The van der Waals surface area contributed by atoms with Gasteiger partial charge in [0.05, 0.1) is 0 Å². The topological polar surface area (TPSA) is 44.5 Å². The second kappa shape index (κ2) is 8.65. The highest BCUT2D eigenvalue weighted by molar-refractivity contribution is 4.98. The largest absolute Gasteiger partial charge is 0.385 e. The van der Waals surface area contributed by atoms with Gasteiger partial charge in [0.1, 0.15) is 11.9 Å². The molecule has 1 aliphatic heterocycles. The second-order valence-corrected chi connectivity index (χ2v) is 6.40. The third-order valence-electron chi connectivity index (χ3n) is 5.04. The summed E-state index contributed by atoms with van der Waals surface area (Å²) in [5.74, 6) is 1.15. The van der Waals surface area contributed by atoms with Crippen LogP contribution in [0.3, 0.4) is 0 Å². The standard InChI is InChI=1S/C17H32N4O/c1-4-20(5-2)10-6-11-21-12-7-15(8-13-21)16(22)17-18-9-14-19(17)3/h9,14-16,22H,4-8,10-13H2,1-3H3. The molecule has 126 valence electrons. The van der Waals surface area contributed by atoms with E-state index in [4.69, 9.17) is 0 Å². The summed E-state index contributed by atoms with van der Waals surface area (Å²) < 4.78 is 1.93. The molecular weight excluding hydrogens is 276 g/mol. The lowest BCUT2D eigenvalue weighted by molar-refractivity contribution is 0.0502. The van der Waals surface area contributed by atoms with Gasteiger partial charge in [-0.05, 0) is 64.4 Å². The molecule has 5 nitrogen and oxygen atoms in total. The fourth-order valence-corrected chi connectivity index (χ4v) is 3.42. The molecule has 22 heavy (non-hydrogen) atoms. The van der Waals surface area contributed by atoms with E-state index < -0.39 is 6.10 Å². The van der Waals surface area contributed by atoms with E-state index in [0.717, 1.165) is 44.8 Å². The molecule has 2 heterocycles. The zero-order valence-corrected chi connectivity index (χ0v) is 14.4. The van der Waals surface area contributed by atoms with Gasteiger partial charge in [-0.2, -0.15) is 0 Å². The predicted molar refractivity (Wildman–Crippen MR) is 89.7 cm³/mol. The van der Waals surface area contributed by atoms with Gasteiger partial charge in [-0.25, -0.2) is 4.98 Å². The van der Waals surface area contributed by atoms with Gasteiger partial charge in [0, 0.05) is 19.4 Å². The van der Waals surface area contributed by atoms with Crippen LogP contribution in [0.15, 0.2) is 12.4 Å². The van der Waals surface area contributed by atoms with Crippen molar-refractivity contribution >= 4 is 0 Å². The SMILES string of the molecule is CCN(CC)CCCN1CCC(C(O)c2nccn2C)CC1. The molecule has 1 aromatic heterocycles. The van der Waals surface area contributed by atoms with Crippen molar-refractivity contribution in [3.8, 4) is 0 Å². The van der Waals surface area contributed by atoms with Gasteiger partial charge in [-0.1, -0.05) is 13.8 Å².